The minimum absolute atomic E-state index is 0. The van der Waals surface area contributed by atoms with E-state index in [-0.39, 0.29) is 24.4 Å². The molecule has 2 N–H and O–H groups in total. The van der Waals surface area contributed by atoms with Crippen LogP contribution in [0.2, 0.25) is 0 Å². The SMILES string of the molecule is Cl.NCC1CCCN1C(=O)CCc1cccs1. The van der Waals surface area contributed by atoms with E-state index in [0.717, 1.165) is 25.8 Å². The van der Waals surface area contributed by atoms with Gasteiger partial charge < -0.3 is 10.6 Å². The summed E-state index contributed by atoms with van der Waals surface area (Å²) < 4.78 is 0. The summed E-state index contributed by atoms with van der Waals surface area (Å²) in [4.78, 5) is 15.2. The Kier molecular flexibility index (Phi) is 5.95. The molecule has 1 unspecified atom stereocenters. The van der Waals surface area contributed by atoms with E-state index in [9.17, 15) is 4.79 Å². The first-order chi connectivity index (χ1) is 7.81. The molecule has 0 saturated carbocycles. The van der Waals surface area contributed by atoms with Crippen molar-refractivity contribution in [3.8, 4) is 0 Å². The van der Waals surface area contributed by atoms with Crippen molar-refractivity contribution in [3.05, 3.63) is 22.4 Å². The molecule has 1 aromatic rings. The number of likely N-dealkylation sites (tertiary alicyclic amines) is 1. The Morgan fingerprint density at radius 2 is 2.41 bits per heavy atom. The Morgan fingerprint density at radius 1 is 1.59 bits per heavy atom. The van der Waals surface area contributed by atoms with E-state index in [4.69, 9.17) is 5.73 Å². The first-order valence-electron chi connectivity index (χ1n) is 5.83. The minimum Gasteiger partial charge on any atom is -0.338 e. The quantitative estimate of drug-likeness (QED) is 0.913. The van der Waals surface area contributed by atoms with Crippen molar-refractivity contribution in [1.82, 2.24) is 4.90 Å². The number of thiophene rings is 1. The predicted molar refractivity (Wildman–Crippen MR) is 73.7 cm³/mol. The van der Waals surface area contributed by atoms with Gasteiger partial charge in [-0.05, 0) is 30.7 Å². The normalized spacial score (nSPS) is 19.1. The van der Waals surface area contributed by atoms with E-state index in [1.54, 1.807) is 11.3 Å². The summed E-state index contributed by atoms with van der Waals surface area (Å²) in [5, 5.41) is 2.05. The zero-order chi connectivity index (χ0) is 11.4. The van der Waals surface area contributed by atoms with Gasteiger partial charge in [0.15, 0.2) is 0 Å². The average molecular weight is 275 g/mol. The smallest absolute Gasteiger partial charge is 0.223 e. The fourth-order valence-electron chi connectivity index (χ4n) is 2.24. The Morgan fingerprint density at radius 3 is 3.06 bits per heavy atom. The van der Waals surface area contributed by atoms with Gasteiger partial charge in [0.2, 0.25) is 5.91 Å². The van der Waals surface area contributed by atoms with E-state index < -0.39 is 0 Å². The number of carbonyl (C=O) groups excluding carboxylic acids is 1. The van der Waals surface area contributed by atoms with E-state index in [1.165, 1.54) is 4.88 Å². The fraction of sp³-hybridized carbons (Fsp3) is 0.583. The minimum atomic E-state index is 0. The number of carbonyl (C=O) groups is 1. The number of aryl methyl sites for hydroxylation is 1. The summed E-state index contributed by atoms with van der Waals surface area (Å²) in [6, 6.07) is 4.40. The molecule has 0 bridgehead atoms. The molecule has 1 amide bonds. The summed E-state index contributed by atoms with van der Waals surface area (Å²) >= 11 is 1.72. The van der Waals surface area contributed by atoms with Crippen LogP contribution in [0, 0.1) is 0 Å². The van der Waals surface area contributed by atoms with Crippen LogP contribution >= 0.6 is 23.7 Å². The zero-order valence-electron chi connectivity index (χ0n) is 9.80. The van der Waals surface area contributed by atoms with Crippen molar-refractivity contribution in [2.24, 2.45) is 5.73 Å². The van der Waals surface area contributed by atoms with Gasteiger partial charge in [-0.15, -0.1) is 23.7 Å². The predicted octanol–water partition coefficient (Wildman–Crippen LogP) is 2.05. The van der Waals surface area contributed by atoms with Crippen LogP contribution in [0.25, 0.3) is 0 Å². The largest absolute Gasteiger partial charge is 0.338 e. The molecule has 5 heteroatoms. The van der Waals surface area contributed by atoms with Gasteiger partial charge in [-0.2, -0.15) is 0 Å². The van der Waals surface area contributed by atoms with Gasteiger partial charge in [-0.25, -0.2) is 0 Å². The highest BCUT2D eigenvalue weighted by Crippen LogP contribution is 2.18. The first-order valence-corrected chi connectivity index (χ1v) is 6.71. The molecule has 1 aromatic heterocycles. The molecule has 2 rings (SSSR count). The lowest BCUT2D eigenvalue weighted by molar-refractivity contribution is -0.131. The lowest BCUT2D eigenvalue weighted by Crippen LogP contribution is -2.39. The second kappa shape index (κ2) is 6.99. The van der Waals surface area contributed by atoms with Crippen LogP contribution in [-0.4, -0.2) is 29.9 Å². The van der Waals surface area contributed by atoms with Crippen molar-refractivity contribution in [2.45, 2.75) is 31.7 Å². The lowest BCUT2D eigenvalue weighted by Gasteiger charge is -2.23. The van der Waals surface area contributed by atoms with Gasteiger partial charge in [-0.1, -0.05) is 6.07 Å². The van der Waals surface area contributed by atoms with Crippen LogP contribution < -0.4 is 5.73 Å². The number of hydrogen-bond acceptors (Lipinski definition) is 3. The molecule has 1 aliphatic rings. The van der Waals surface area contributed by atoms with E-state index >= 15 is 0 Å². The van der Waals surface area contributed by atoms with Gasteiger partial charge in [0.25, 0.3) is 0 Å². The maximum Gasteiger partial charge on any atom is 0.223 e. The molecule has 17 heavy (non-hydrogen) atoms. The number of amides is 1. The standard InChI is InChI=1S/C12H18N2OS.ClH/c13-9-10-3-1-7-14(10)12(15)6-5-11-4-2-8-16-11;/h2,4,8,10H,1,3,5-7,9,13H2;1H. The molecule has 1 saturated heterocycles. The molecular formula is C12H19ClN2OS. The Labute approximate surface area is 112 Å². The molecule has 1 aliphatic heterocycles. The highest BCUT2D eigenvalue weighted by atomic mass is 35.5. The molecule has 0 radical (unpaired) electrons. The third-order valence-electron chi connectivity index (χ3n) is 3.13. The number of nitrogens with two attached hydrogens (primary N) is 1. The topological polar surface area (TPSA) is 46.3 Å². The van der Waals surface area contributed by atoms with Crippen LogP contribution in [-0.2, 0) is 11.2 Å². The maximum atomic E-state index is 12.0. The molecule has 0 spiro atoms. The Balaban J connectivity index is 0.00000144. The van der Waals surface area contributed by atoms with Crippen LogP contribution in [0.3, 0.4) is 0 Å². The van der Waals surface area contributed by atoms with Crippen LogP contribution in [0.5, 0.6) is 0 Å². The number of rotatable bonds is 4. The Bertz CT molecular complexity index is 342. The number of hydrogen-bond donors (Lipinski definition) is 1. The van der Waals surface area contributed by atoms with E-state index in [1.807, 2.05) is 11.0 Å². The maximum absolute atomic E-state index is 12.0. The molecule has 96 valence electrons. The average Bonchev–Trinajstić information content (AvgIpc) is 2.96. The second-order valence-corrected chi connectivity index (χ2v) is 5.23. The summed E-state index contributed by atoms with van der Waals surface area (Å²) in [5.41, 5.74) is 5.66. The van der Waals surface area contributed by atoms with Gasteiger partial charge in [0.05, 0.1) is 0 Å². The summed E-state index contributed by atoms with van der Waals surface area (Å²) in [5.74, 6) is 0.265. The van der Waals surface area contributed by atoms with Crippen molar-refractivity contribution < 1.29 is 4.79 Å². The van der Waals surface area contributed by atoms with Gasteiger partial charge in [0.1, 0.15) is 0 Å². The lowest BCUT2D eigenvalue weighted by atomic mass is 10.2. The zero-order valence-corrected chi connectivity index (χ0v) is 11.4. The van der Waals surface area contributed by atoms with Crippen LogP contribution in [0.4, 0.5) is 0 Å². The number of nitrogens with zero attached hydrogens (tertiary/aromatic N) is 1. The van der Waals surface area contributed by atoms with Gasteiger partial charge in [-0.3, -0.25) is 4.79 Å². The second-order valence-electron chi connectivity index (χ2n) is 4.20. The molecule has 3 nitrogen and oxygen atoms in total. The molecule has 2 heterocycles. The summed E-state index contributed by atoms with van der Waals surface area (Å²) in [6.07, 6.45) is 3.66. The monoisotopic (exact) mass is 274 g/mol. The number of halogens is 1. The molecular weight excluding hydrogens is 256 g/mol. The molecule has 1 fully saturated rings. The highest BCUT2D eigenvalue weighted by Gasteiger charge is 2.26. The van der Waals surface area contributed by atoms with Gasteiger partial charge >= 0.3 is 0 Å². The molecule has 1 atom stereocenters. The first kappa shape index (κ1) is 14.5. The third-order valence-corrected chi connectivity index (χ3v) is 4.07. The third kappa shape index (κ3) is 3.69. The van der Waals surface area contributed by atoms with Crippen LogP contribution in [0.1, 0.15) is 24.1 Å². The van der Waals surface area contributed by atoms with Crippen molar-refractivity contribution in [1.29, 1.82) is 0 Å². The molecule has 0 aliphatic carbocycles. The van der Waals surface area contributed by atoms with Crippen LogP contribution in [0.15, 0.2) is 17.5 Å². The van der Waals surface area contributed by atoms with Gasteiger partial charge in [0, 0.05) is 30.4 Å². The van der Waals surface area contributed by atoms with Crippen molar-refractivity contribution in [2.75, 3.05) is 13.1 Å². The highest BCUT2D eigenvalue weighted by molar-refractivity contribution is 7.09. The fourth-order valence-corrected chi connectivity index (χ4v) is 2.95. The Hall–Kier alpha value is -0.580. The molecule has 0 aromatic carbocycles. The van der Waals surface area contributed by atoms with E-state index in [0.29, 0.717) is 13.0 Å². The van der Waals surface area contributed by atoms with Crippen molar-refractivity contribution >= 4 is 29.7 Å². The summed E-state index contributed by atoms with van der Waals surface area (Å²) in [6.45, 7) is 1.50. The van der Waals surface area contributed by atoms with Crippen molar-refractivity contribution in [3.63, 3.8) is 0 Å². The summed E-state index contributed by atoms with van der Waals surface area (Å²) in [7, 11) is 0. The van der Waals surface area contributed by atoms with E-state index in [2.05, 4.69) is 11.4 Å².